The Bertz CT molecular complexity index is 1120. The van der Waals surface area contributed by atoms with E-state index < -0.39 is 27.7 Å². The largest absolute Gasteiger partial charge is 0.269 e. The van der Waals surface area contributed by atoms with E-state index in [4.69, 9.17) is 0 Å². The van der Waals surface area contributed by atoms with Crippen LogP contribution in [0.3, 0.4) is 0 Å². The fourth-order valence-electron chi connectivity index (χ4n) is 3.21. The van der Waals surface area contributed by atoms with Crippen LogP contribution in [0.15, 0.2) is 47.4 Å². The van der Waals surface area contributed by atoms with Gasteiger partial charge in [-0.15, -0.1) is 0 Å². The highest BCUT2D eigenvalue weighted by Gasteiger charge is 2.48. The van der Waals surface area contributed by atoms with E-state index in [0.29, 0.717) is 18.4 Å². The lowest BCUT2D eigenvalue weighted by Gasteiger charge is -2.13. The molecule has 1 saturated carbocycles. The van der Waals surface area contributed by atoms with E-state index in [1.165, 1.54) is 18.2 Å². The lowest BCUT2D eigenvalue weighted by molar-refractivity contribution is 0.0846. The molecule has 9 heteroatoms. The molecule has 1 aliphatic heterocycles. The van der Waals surface area contributed by atoms with Crippen molar-refractivity contribution in [3.8, 4) is 0 Å². The number of fused-ring (bicyclic) bond motifs is 1. The van der Waals surface area contributed by atoms with E-state index in [9.17, 15) is 22.8 Å². The SMILES string of the molecule is CCc1ccc(C(=O)NNC(=O)c2ccc3c(c2)S(=O)(=O)N(C2CC2)C3=O)cc1. The number of hydrogen-bond donors (Lipinski definition) is 2. The molecule has 0 saturated heterocycles. The number of hydrazine groups is 1. The van der Waals surface area contributed by atoms with Crippen molar-refractivity contribution in [1.29, 1.82) is 0 Å². The van der Waals surface area contributed by atoms with Gasteiger partial charge in [0.25, 0.3) is 27.7 Å². The molecule has 3 amide bonds. The summed E-state index contributed by atoms with van der Waals surface area (Å²) < 4.78 is 26.2. The highest BCUT2D eigenvalue weighted by molar-refractivity contribution is 7.90. The van der Waals surface area contributed by atoms with E-state index in [0.717, 1.165) is 16.3 Å². The van der Waals surface area contributed by atoms with Gasteiger partial charge in [0.1, 0.15) is 4.90 Å². The van der Waals surface area contributed by atoms with Crippen molar-refractivity contribution in [3.63, 3.8) is 0 Å². The van der Waals surface area contributed by atoms with Gasteiger partial charge in [-0.1, -0.05) is 19.1 Å². The summed E-state index contributed by atoms with van der Waals surface area (Å²) in [7, 11) is -3.95. The summed E-state index contributed by atoms with van der Waals surface area (Å²) in [5.41, 5.74) is 6.13. The predicted octanol–water partition coefficient (Wildman–Crippen LogP) is 1.63. The molecule has 2 aromatic carbocycles. The molecule has 2 aliphatic rings. The van der Waals surface area contributed by atoms with Crippen molar-refractivity contribution in [1.82, 2.24) is 15.2 Å². The van der Waals surface area contributed by atoms with Gasteiger partial charge in [0.05, 0.1) is 5.56 Å². The molecular weight excluding hydrogens is 394 g/mol. The minimum absolute atomic E-state index is 0.0272. The second kappa shape index (κ2) is 7.00. The Morgan fingerprint density at radius 3 is 2.17 bits per heavy atom. The highest BCUT2D eigenvalue weighted by Crippen LogP contribution is 2.39. The topological polar surface area (TPSA) is 113 Å². The lowest BCUT2D eigenvalue weighted by Crippen LogP contribution is -2.41. The zero-order valence-corrected chi connectivity index (χ0v) is 16.5. The molecule has 8 nitrogen and oxygen atoms in total. The maximum absolute atomic E-state index is 12.7. The zero-order valence-electron chi connectivity index (χ0n) is 15.6. The van der Waals surface area contributed by atoms with Crippen LogP contribution in [0.4, 0.5) is 0 Å². The zero-order chi connectivity index (χ0) is 20.8. The van der Waals surface area contributed by atoms with Crippen LogP contribution in [0.25, 0.3) is 0 Å². The van der Waals surface area contributed by atoms with Crippen LogP contribution in [-0.2, 0) is 16.4 Å². The summed E-state index contributed by atoms with van der Waals surface area (Å²) >= 11 is 0. The summed E-state index contributed by atoms with van der Waals surface area (Å²) in [6.07, 6.45) is 2.15. The Balaban J connectivity index is 1.48. The molecule has 1 aliphatic carbocycles. The van der Waals surface area contributed by atoms with Crippen molar-refractivity contribution >= 4 is 27.7 Å². The van der Waals surface area contributed by atoms with Gasteiger partial charge in [-0.3, -0.25) is 25.2 Å². The first-order valence-electron chi connectivity index (χ1n) is 9.25. The van der Waals surface area contributed by atoms with Gasteiger partial charge in [0.2, 0.25) is 0 Å². The molecule has 29 heavy (non-hydrogen) atoms. The minimum Gasteiger partial charge on any atom is -0.268 e. The average Bonchev–Trinajstić information content (AvgIpc) is 3.53. The molecule has 0 aromatic heterocycles. The molecular formula is C20H19N3O5S. The number of nitrogens with one attached hydrogen (secondary N) is 2. The Morgan fingerprint density at radius 1 is 1.00 bits per heavy atom. The first kappa shape index (κ1) is 19.1. The average molecular weight is 413 g/mol. The fraction of sp³-hybridized carbons (Fsp3) is 0.250. The summed E-state index contributed by atoms with van der Waals surface area (Å²) in [5, 5.41) is 0. The summed E-state index contributed by atoms with van der Waals surface area (Å²) in [6.45, 7) is 2.00. The molecule has 2 aromatic rings. The molecule has 0 radical (unpaired) electrons. The number of benzene rings is 2. The second-order valence-electron chi connectivity index (χ2n) is 7.01. The number of hydrogen-bond acceptors (Lipinski definition) is 5. The number of carbonyl (C=O) groups is 3. The summed E-state index contributed by atoms with van der Waals surface area (Å²) in [4.78, 5) is 36.8. The van der Waals surface area contributed by atoms with Crippen LogP contribution in [0.1, 0.15) is 56.4 Å². The van der Waals surface area contributed by atoms with Gasteiger partial charge in [-0.05, 0) is 55.2 Å². The number of rotatable bonds is 4. The molecule has 150 valence electrons. The van der Waals surface area contributed by atoms with Crippen molar-refractivity contribution in [2.75, 3.05) is 0 Å². The standard InChI is InChI=1S/C20H19N3O5S/c1-2-12-3-5-13(6-4-12)18(24)21-22-19(25)14-7-10-16-17(11-14)29(27,28)23(20(16)26)15-8-9-15/h3-7,10-11,15H,2,8-9H2,1H3,(H,21,24)(H,22,25). The lowest BCUT2D eigenvalue weighted by atomic mass is 10.1. The number of nitrogens with zero attached hydrogens (tertiary/aromatic N) is 1. The molecule has 4 rings (SSSR count). The molecule has 0 unspecified atom stereocenters. The van der Waals surface area contributed by atoms with Gasteiger partial charge >= 0.3 is 0 Å². The van der Waals surface area contributed by atoms with Crippen molar-refractivity contribution in [2.45, 2.75) is 37.1 Å². The van der Waals surface area contributed by atoms with Gasteiger partial charge in [-0.25, -0.2) is 12.7 Å². The maximum atomic E-state index is 12.7. The molecule has 0 spiro atoms. The van der Waals surface area contributed by atoms with E-state index in [1.807, 2.05) is 19.1 Å². The first-order chi connectivity index (χ1) is 13.8. The van der Waals surface area contributed by atoms with Crippen molar-refractivity contribution in [2.24, 2.45) is 0 Å². The van der Waals surface area contributed by atoms with Crippen LogP contribution < -0.4 is 10.9 Å². The van der Waals surface area contributed by atoms with Crippen LogP contribution in [0, 0.1) is 0 Å². The van der Waals surface area contributed by atoms with Crippen LogP contribution in [-0.4, -0.2) is 36.5 Å². The van der Waals surface area contributed by atoms with Gasteiger partial charge in [-0.2, -0.15) is 0 Å². The van der Waals surface area contributed by atoms with Crippen molar-refractivity contribution < 1.29 is 22.8 Å². The fourth-order valence-corrected chi connectivity index (χ4v) is 5.05. The van der Waals surface area contributed by atoms with E-state index in [1.54, 1.807) is 12.1 Å². The van der Waals surface area contributed by atoms with E-state index >= 15 is 0 Å². The molecule has 1 heterocycles. The minimum atomic E-state index is -3.95. The monoisotopic (exact) mass is 413 g/mol. The highest BCUT2D eigenvalue weighted by atomic mass is 32.2. The van der Waals surface area contributed by atoms with E-state index in [-0.39, 0.29) is 22.1 Å². The molecule has 0 bridgehead atoms. The number of carbonyl (C=O) groups excluding carboxylic acids is 3. The summed E-state index contributed by atoms with van der Waals surface area (Å²) in [6, 6.07) is 10.5. The maximum Gasteiger partial charge on any atom is 0.269 e. The first-order valence-corrected chi connectivity index (χ1v) is 10.7. The van der Waals surface area contributed by atoms with Crippen LogP contribution in [0.2, 0.25) is 0 Å². The Kier molecular flexibility index (Phi) is 4.62. The smallest absolute Gasteiger partial charge is 0.268 e. The van der Waals surface area contributed by atoms with Crippen molar-refractivity contribution in [3.05, 3.63) is 64.7 Å². The predicted molar refractivity (Wildman–Crippen MR) is 104 cm³/mol. The third kappa shape index (κ3) is 3.38. The van der Waals surface area contributed by atoms with E-state index in [2.05, 4.69) is 10.9 Å². The second-order valence-corrected chi connectivity index (χ2v) is 8.79. The summed E-state index contributed by atoms with van der Waals surface area (Å²) in [5.74, 6) is -1.73. The normalized spacial score (nSPS) is 17.0. The Hall–Kier alpha value is -3.20. The van der Waals surface area contributed by atoms with Crippen LogP contribution in [0.5, 0.6) is 0 Å². The van der Waals surface area contributed by atoms with Gasteiger partial charge in [0.15, 0.2) is 0 Å². The quantitative estimate of drug-likeness (QED) is 0.740. The van der Waals surface area contributed by atoms with Crippen LogP contribution >= 0.6 is 0 Å². The number of amides is 3. The third-order valence-electron chi connectivity index (χ3n) is 5.00. The number of sulfonamides is 1. The third-order valence-corrected chi connectivity index (χ3v) is 6.88. The molecule has 2 N–H and O–H groups in total. The number of aryl methyl sites for hydroxylation is 1. The van der Waals surface area contributed by atoms with Gasteiger partial charge in [0, 0.05) is 17.2 Å². The Labute approximate surface area is 167 Å². The molecule has 1 fully saturated rings. The van der Waals surface area contributed by atoms with Gasteiger partial charge < -0.3 is 0 Å². The Morgan fingerprint density at radius 2 is 1.59 bits per heavy atom. The molecule has 0 atom stereocenters.